The molecule has 0 spiro atoms. The lowest BCUT2D eigenvalue weighted by atomic mass is 10.4. The van der Waals surface area contributed by atoms with Crippen LogP contribution < -0.4 is 0 Å². The summed E-state index contributed by atoms with van der Waals surface area (Å²) in [6.45, 7) is 18.8. The number of esters is 3. The van der Waals surface area contributed by atoms with Gasteiger partial charge in [-0.25, -0.2) is 14.4 Å². The lowest BCUT2D eigenvalue weighted by Gasteiger charge is -1.97. The number of carbonyl (C=O) groups is 3. The van der Waals surface area contributed by atoms with Crippen molar-refractivity contribution in [3.8, 4) is 6.07 Å². The Labute approximate surface area is 167 Å². The van der Waals surface area contributed by atoms with Gasteiger partial charge in [0.25, 0.3) is 0 Å². The molecular weight excluding hydrogens is 366 g/mol. The molecule has 8 heteroatoms. The fraction of sp³-hybridized carbons (Fsp3) is 0.400. The fourth-order valence-electron chi connectivity index (χ4n) is 0.765. The summed E-state index contributed by atoms with van der Waals surface area (Å²) in [7, 11) is 1.33. The minimum absolute atomic E-state index is 0.262. The van der Waals surface area contributed by atoms with Crippen LogP contribution >= 0.6 is 0 Å². The number of hydrogen-bond acceptors (Lipinski definition) is 8. The number of hydrogen-bond donors (Lipinski definition) is 1. The smallest absolute Gasteiger partial charge is 0.372 e. The fourth-order valence-corrected chi connectivity index (χ4v) is 0.765. The van der Waals surface area contributed by atoms with Crippen LogP contribution in [0, 0.1) is 11.3 Å². The van der Waals surface area contributed by atoms with Crippen molar-refractivity contribution in [1.82, 2.24) is 0 Å². The number of methoxy groups -OCH3 is 1. The van der Waals surface area contributed by atoms with Crippen LogP contribution in [0.4, 0.5) is 0 Å². The number of unbranched alkanes of at least 4 members (excludes halogenated alkanes) is 1. The number of rotatable bonds is 7. The minimum atomic E-state index is -0.757. The van der Waals surface area contributed by atoms with Gasteiger partial charge in [-0.05, 0) is 26.8 Å². The normalized spacial score (nSPS) is 7.54. The van der Waals surface area contributed by atoms with E-state index in [0.717, 1.165) is 12.8 Å². The Hall–Kier alpha value is -3.34. The first-order valence-corrected chi connectivity index (χ1v) is 8.17. The van der Waals surface area contributed by atoms with Gasteiger partial charge in [-0.2, -0.15) is 5.26 Å². The average molecular weight is 397 g/mol. The van der Waals surface area contributed by atoms with Gasteiger partial charge in [0.05, 0.1) is 26.4 Å². The van der Waals surface area contributed by atoms with Gasteiger partial charge in [0.15, 0.2) is 5.76 Å². The first-order chi connectivity index (χ1) is 13.1. The molecule has 158 valence electrons. The van der Waals surface area contributed by atoms with E-state index < -0.39 is 11.7 Å². The third-order valence-corrected chi connectivity index (χ3v) is 2.05. The summed E-state index contributed by atoms with van der Waals surface area (Å²) in [6.07, 6.45) is 4.33. The highest BCUT2D eigenvalue weighted by atomic mass is 16.5. The molecule has 0 aliphatic rings. The molecule has 0 amide bonds. The van der Waals surface area contributed by atoms with Crippen LogP contribution in [0.15, 0.2) is 49.8 Å². The van der Waals surface area contributed by atoms with E-state index in [4.69, 9.17) is 10.4 Å². The number of nitriles is 1. The summed E-state index contributed by atoms with van der Waals surface area (Å²) in [5.74, 6) is -1.98. The zero-order valence-electron chi connectivity index (χ0n) is 17.2. The molecule has 0 saturated heterocycles. The highest BCUT2D eigenvalue weighted by Gasteiger charge is 2.01. The summed E-state index contributed by atoms with van der Waals surface area (Å²) < 4.78 is 13.3. The molecule has 8 nitrogen and oxygen atoms in total. The third-order valence-electron chi connectivity index (χ3n) is 2.05. The predicted molar refractivity (Wildman–Crippen MR) is 107 cm³/mol. The molecule has 0 saturated carbocycles. The largest absolute Gasteiger partial charge is 0.502 e. The SMILES string of the molecule is C=C(C)C(=O)OC.C=C(O)C(=O)OCC.C=CC#N.C=CC(=O)OCCCC. The molecule has 1 N–H and O–H groups in total. The maximum Gasteiger partial charge on any atom is 0.372 e. The number of ether oxygens (including phenoxy) is 3. The van der Waals surface area contributed by atoms with Crippen molar-refractivity contribution in [1.29, 1.82) is 5.26 Å². The van der Waals surface area contributed by atoms with E-state index in [-0.39, 0.29) is 18.5 Å². The molecule has 0 radical (unpaired) electrons. The Bertz CT molecular complexity index is 545. The van der Waals surface area contributed by atoms with E-state index in [9.17, 15) is 14.4 Å². The van der Waals surface area contributed by atoms with Crippen LogP contribution in [0.3, 0.4) is 0 Å². The quantitative estimate of drug-likeness (QED) is 0.173. The molecule has 0 fully saturated rings. The van der Waals surface area contributed by atoms with Crippen LogP contribution in [0.25, 0.3) is 0 Å². The van der Waals surface area contributed by atoms with Gasteiger partial charge in [0, 0.05) is 17.7 Å². The molecule has 0 rings (SSSR count). The van der Waals surface area contributed by atoms with Gasteiger partial charge in [-0.3, -0.25) is 0 Å². The van der Waals surface area contributed by atoms with Gasteiger partial charge >= 0.3 is 17.9 Å². The Morgan fingerprint density at radius 1 is 1.11 bits per heavy atom. The van der Waals surface area contributed by atoms with Crippen molar-refractivity contribution in [3.05, 3.63) is 49.8 Å². The molecular formula is C20H31NO7. The number of aliphatic hydroxyl groups is 1. The summed E-state index contributed by atoms with van der Waals surface area (Å²) in [5, 5.41) is 15.8. The van der Waals surface area contributed by atoms with Crippen LogP contribution in [0.2, 0.25) is 0 Å². The molecule has 0 aromatic carbocycles. The van der Waals surface area contributed by atoms with Gasteiger partial charge in [-0.15, -0.1) is 0 Å². The lowest BCUT2D eigenvalue weighted by molar-refractivity contribution is -0.141. The molecule has 0 bridgehead atoms. The van der Waals surface area contributed by atoms with Crippen molar-refractivity contribution in [2.24, 2.45) is 0 Å². The molecule has 0 aliphatic heterocycles. The number of aliphatic hydroxyl groups excluding tert-OH is 1. The first-order valence-electron chi connectivity index (χ1n) is 8.17. The monoisotopic (exact) mass is 397 g/mol. The standard InChI is InChI=1S/C7H12O2.C5H8O3.C5H8O2.C3H3N/c1-3-5-6-9-7(8)4-2;1-3-8-5(7)4(2)6;1-4(2)5(6)7-3;1-2-3-4/h4H,2-3,5-6H2,1H3;6H,2-3H2,1H3;1H2,2-3H3;2H,1H2. The Balaban J connectivity index is -0.000000142. The first kappa shape index (κ1) is 32.3. The second kappa shape index (κ2) is 25.9. The van der Waals surface area contributed by atoms with E-state index >= 15 is 0 Å². The second-order valence-corrected chi connectivity index (χ2v) is 4.50. The average Bonchev–Trinajstić information content (AvgIpc) is 2.68. The van der Waals surface area contributed by atoms with Crippen LogP contribution in [-0.2, 0) is 28.6 Å². The van der Waals surface area contributed by atoms with Gasteiger partial charge in [0.2, 0.25) is 0 Å². The topological polar surface area (TPSA) is 123 Å². The summed E-state index contributed by atoms with van der Waals surface area (Å²) in [6, 6.07) is 1.69. The number of nitrogens with zero attached hydrogens (tertiary/aromatic N) is 1. The molecule has 0 heterocycles. The Morgan fingerprint density at radius 2 is 1.61 bits per heavy atom. The van der Waals surface area contributed by atoms with Crippen molar-refractivity contribution in [2.75, 3.05) is 20.3 Å². The molecule has 0 aromatic heterocycles. The highest BCUT2D eigenvalue weighted by molar-refractivity contribution is 5.86. The third kappa shape index (κ3) is 34.1. The summed E-state index contributed by atoms with van der Waals surface area (Å²) in [5.41, 5.74) is 0.433. The summed E-state index contributed by atoms with van der Waals surface area (Å²) >= 11 is 0. The van der Waals surface area contributed by atoms with Crippen LogP contribution in [-0.4, -0.2) is 43.3 Å². The van der Waals surface area contributed by atoms with Crippen LogP contribution in [0.5, 0.6) is 0 Å². The lowest BCUT2D eigenvalue weighted by Crippen LogP contribution is -2.05. The summed E-state index contributed by atoms with van der Waals surface area (Å²) in [4.78, 5) is 30.7. The number of carbonyl (C=O) groups excluding carboxylic acids is 3. The predicted octanol–water partition coefficient (Wildman–Crippen LogP) is 3.57. The van der Waals surface area contributed by atoms with Gasteiger partial charge in [0.1, 0.15) is 0 Å². The van der Waals surface area contributed by atoms with Crippen molar-refractivity contribution in [3.63, 3.8) is 0 Å². The Kier molecular flexibility index (Phi) is 29.9. The zero-order valence-corrected chi connectivity index (χ0v) is 17.2. The highest BCUT2D eigenvalue weighted by Crippen LogP contribution is 1.88. The van der Waals surface area contributed by atoms with Crippen LogP contribution in [0.1, 0.15) is 33.6 Å². The van der Waals surface area contributed by atoms with E-state index in [2.05, 4.69) is 40.5 Å². The van der Waals surface area contributed by atoms with Crippen molar-refractivity contribution in [2.45, 2.75) is 33.6 Å². The molecule has 0 atom stereocenters. The van der Waals surface area contributed by atoms with E-state index in [1.165, 1.54) is 19.3 Å². The maximum atomic E-state index is 10.3. The van der Waals surface area contributed by atoms with Crippen molar-refractivity contribution >= 4 is 17.9 Å². The zero-order chi connectivity index (χ0) is 23.0. The second-order valence-electron chi connectivity index (χ2n) is 4.50. The van der Waals surface area contributed by atoms with Gasteiger partial charge in [-0.1, -0.05) is 33.1 Å². The van der Waals surface area contributed by atoms with Crippen molar-refractivity contribution < 1.29 is 33.7 Å². The molecule has 0 aliphatic carbocycles. The maximum absolute atomic E-state index is 10.3. The minimum Gasteiger partial charge on any atom is -0.502 e. The molecule has 0 unspecified atom stereocenters. The number of allylic oxidation sites excluding steroid dienone is 1. The Morgan fingerprint density at radius 3 is 1.79 bits per heavy atom. The van der Waals surface area contributed by atoms with E-state index in [1.54, 1.807) is 19.9 Å². The van der Waals surface area contributed by atoms with Gasteiger partial charge < -0.3 is 19.3 Å². The van der Waals surface area contributed by atoms with E-state index in [1.807, 2.05) is 6.92 Å². The molecule has 0 aromatic rings. The van der Waals surface area contributed by atoms with E-state index in [0.29, 0.717) is 12.2 Å². The molecule has 28 heavy (non-hydrogen) atoms.